The van der Waals surface area contributed by atoms with E-state index in [1.165, 1.54) is 19.2 Å². The number of rotatable bonds is 6. The molecule has 0 aromatic heterocycles. The SMILES string of the molecule is CCOc1cc(C(=O)N2CCN(c3ccccc3O)CC2)c([N+](=O)[O-])cc1OC. The smallest absolute Gasteiger partial charge is 0.286 e. The molecule has 0 bridgehead atoms. The van der Waals surface area contributed by atoms with Gasteiger partial charge in [0.25, 0.3) is 11.6 Å². The standard InChI is InChI=1S/C20H23N3O6/c1-3-29-19-12-14(16(23(26)27)13-18(19)28-2)20(25)22-10-8-21(9-11-22)15-6-4-5-7-17(15)24/h4-7,12-13,24H,3,8-11H2,1-2H3. The molecule has 1 heterocycles. The van der Waals surface area contributed by atoms with Crippen LogP contribution in [0.2, 0.25) is 0 Å². The van der Waals surface area contributed by atoms with Gasteiger partial charge in [0, 0.05) is 32.2 Å². The Labute approximate surface area is 168 Å². The van der Waals surface area contributed by atoms with Crippen LogP contribution in [0.15, 0.2) is 36.4 Å². The number of piperazine rings is 1. The van der Waals surface area contributed by atoms with Crippen LogP contribution in [0.25, 0.3) is 0 Å². The average molecular weight is 401 g/mol. The van der Waals surface area contributed by atoms with Gasteiger partial charge in [-0.2, -0.15) is 0 Å². The molecular formula is C20H23N3O6. The van der Waals surface area contributed by atoms with Crippen molar-refractivity contribution in [1.29, 1.82) is 0 Å². The first-order valence-electron chi connectivity index (χ1n) is 9.27. The van der Waals surface area contributed by atoms with Crippen molar-refractivity contribution in [3.8, 4) is 17.2 Å². The van der Waals surface area contributed by atoms with E-state index >= 15 is 0 Å². The highest BCUT2D eigenvalue weighted by Crippen LogP contribution is 2.36. The number of ether oxygens (including phenoxy) is 2. The Kier molecular flexibility index (Phi) is 6.06. The number of aromatic hydroxyl groups is 1. The molecule has 1 amide bonds. The minimum Gasteiger partial charge on any atom is -0.506 e. The second-order valence-corrected chi connectivity index (χ2v) is 6.48. The third kappa shape index (κ3) is 4.18. The molecule has 1 aliphatic heterocycles. The number of amides is 1. The molecule has 0 aliphatic carbocycles. The first-order valence-corrected chi connectivity index (χ1v) is 9.27. The van der Waals surface area contributed by atoms with Gasteiger partial charge in [-0.25, -0.2) is 0 Å². The highest BCUT2D eigenvalue weighted by atomic mass is 16.6. The van der Waals surface area contributed by atoms with Crippen LogP contribution in [0.4, 0.5) is 11.4 Å². The van der Waals surface area contributed by atoms with Crippen molar-refractivity contribution in [3.05, 3.63) is 52.1 Å². The molecule has 0 atom stereocenters. The molecule has 1 saturated heterocycles. The summed E-state index contributed by atoms with van der Waals surface area (Å²) >= 11 is 0. The summed E-state index contributed by atoms with van der Waals surface area (Å²) in [6, 6.07) is 9.60. The Hall–Kier alpha value is -3.49. The molecule has 0 spiro atoms. The van der Waals surface area contributed by atoms with Gasteiger partial charge >= 0.3 is 0 Å². The second kappa shape index (κ2) is 8.68. The zero-order valence-electron chi connectivity index (χ0n) is 16.3. The van der Waals surface area contributed by atoms with Gasteiger partial charge in [0.15, 0.2) is 11.5 Å². The predicted molar refractivity (Wildman–Crippen MR) is 107 cm³/mol. The van der Waals surface area contributed by atoms with Gasteiger partial charge in [-0.3, -0.25) is 14.9 Å². The van der Waals surface area contributed by atoms with Gasteiger partial charge in [-0.1, -0.05) is 12.1 Å². The number of hydrogen-bond donors (Lipinski definition) is 1. The first kappa shape index (κ1) is 20.2. The van der Waals surface area contributed by atoms with Crippen molar-refractivity contribution < 1.29 is 24.3 Å². The number of benzene rings is 2. The summed E-state index contributed by atoms with van der Waals surface area (Å²) in [7, 11) is 1.39. The van der Waals surface area contributed by atoms with Crippen LogP contribution in [0.5, 0.6) is 17.2 Å². The first-order chi connectivity index (χ1) is 14.0. The normalized spacial score (nSPS) is 13.9. The highest BCUT2D eigenvalue weighted by Gasteiger charge is 2.30. The number of carbonyl (C=O) groups is 1. The fraction of sp³-hybridized carbons (Fsp3) is 0.350. The number of nitro benzene ring substituents is 1. The second-order valence-electron chi connectivity index (χ2n) is 6.48. The molecule has 9 nitrogen and oxygen atoms in total. The number of hydrogen-bond acceptors (Lipinski definition) is 7. The molecular weight excluding hydrogens is 378 g/mol. The van der Waals surface area contributed by atoms with Crippen molar-refractivity contribution in [2.75, 3.05) is 44.8 Å². The van der Waals surface area contributed by atoms with Crippen LogP contribution in [0.3, 0.4) is 0 Å². The van der Waals surface area contributed by atoms with Crippen molar-refractivity contribution in [1.82, 2.24) is 4.90 Å². The molecule has 0 radical (unpaired) electrons. The van der Waals surface area contributed by atoms with Crippen molar-refractivity contribution in [2.45, 2.75) is 6.92 Å². The van der Waals surface area contributed by atoms with Crippen LogP contribution >= 0.6 is 0 Å². The zero-order chi connectivity index (χ0) is 21.0. The van der Waals surface area contributed by atoms with Crippen LogP contribution in [-0.4, -0.2) is 60.7 Å². The quantitative estimate of drug-likeness (QED) is 0.586. The summed E-state index contributed by atoms with van der Waals surface area (Å²) < 4.78 is 10.6. The number of carbonyl (C=O) groups excluding carboxylic acids is 1. The van der Waals surface area contributed by atoms with E-state index in [-0.39, 0.29) is 28.5 Å². The summed E-state index contributed by atoms with van der Waals surface area (Å²) in [6.45, 7) is 3.87. The predicted octanol–water partition coefficient (Wildman–Crippen LogP) is 2.67. The molecule has 1 N–H and O–H groups in total. The lowest BCUT2D eigenvalue weighted by molar-refractivity contribution is -0.385. The number of nitro groups is 1. The Morgan fingerprint density at radius 2 is 1.86 bits per heavy atom. The fourth-order valence-corrected chi connectivity index (χ4v) is 3.35. The van der Waals surface area contributed by atoms with Gasteiger partial charge < -0.3 is 24.4 Å². The molecule has 29 heavy (non-hydrogen) atoms. The van der Waals surface area contributed by atoms with Gasteiger partial charge in [-0.15, -0.1) is 0 Å². The van der Waals surface area contributed by atoms with E-state index in [1.54, 1.807) is 24.0 Å². The number of anilines is 1. The molecule has 154 valence electrons. The molecule has 9 heteroatoms. The molecule has 1 fully saturated rings. The summed E-state index contributed by atoms with van der Waals surface area (Å²) in [4.78, 5) is 27.5. The number of methoxy groups -OCH3 is 1. The third-order valence-corrected chi connectivity index (χ3v) is 4.80. The maximum atomic E-state index is 13.0. The lowest BCUT2D eigenvalue weighted by Crippen LogP contribution is -2.48. The van der Waals surface area contributed by atoms with Crippen molar-refractivity contribution in [3.63, 3.8) is 0 Å². The fourth-order valence-electron chi connectivity index (χ4n) is 3.35. The van der Waals surface area contributed by atoms with E-state index in [0.717, 1.165) is 0 Å². The maximum absolute atomic E-state index is 13.0. The average Bonchev–Trinajstić information content (AvgIpc) is 2.73. The molecule has 0 unspecified atom stereocenters. The minimum atomic E-state index is -0.594. The highest BCUT2D eigenvalue weighted by molar-refractivity contribution is 5.99. The Morgan fingerprint density at radius 3 is 2.45 bits per heavy atom. The maximum Gasteiger partial charge on any atom is 0.286 e. The molecule has 0 saturated carbocycles. The monoisotopic (exact) mass is 401 g/mol. The van der Waals surface area contributed by atoms with Crippen LogP contribution in [-0.2, 0) is 0 Å². The van der Waals surface area contributed by atoms with Gasteiger partial charge in [0.05, 0.1) is 30.4 Å². The minimum absolute atomic E-state index is 0.0322. The number of phenolic OH excluding ortho intramolecular Hbond substituents is 1. The Balaban J connectivity index is 1.82. The van der Waals surface area contributed by atoms with E-state index < -0.39 is 10.8 Å². The lowest BCUT2D eigenvalue weighted by atomic mass is 10.1. The molecule has 2 aromatic carbocycles. The molecule has 2 aromatic rings. The topological polar surface area (TPSA) is 105 Å². The van der Waals surface area contributed by atoms with Crippen LogP contribution in [0, 0.1) is 10.1 Å². The van der Waals surface area contributed by atoms with E-state index in [1.807, 2.05) is 17.0 Å². The summed E-state index contributed by atoms with van der Waals surface area (Å²) in [5.74, 6) is 0.243. The van der Waals surface area contributed by atoms with E-state index in [4.69, 9.17) is 9.47 Å². The van der Waals surface area contributed by atoms with E-state index in [9.17, 15) is 20.0 Å². The molecule has 1 aliphatic rings. The lowest BCUT2D eigenvalue weighted by Gasteiger charge is -2.36. The number of phenols is 1. The van der Waals surface area contributed by atoms with E-state index in [2.05, 4.69) is 0 Å². The zero-order valence-corrected chi connectivity index (χ0v) is 16.3. The van der Waals surface area contributed by atoms with E-state index in [0.29, 0.717) is 38.5 Å². The Bertz CT molecular complexity index is 909. The van der Waals surface area contributed by atoms with Crippen LogP contribution in [0.1, 0.15) is 17.3 Å². The number of para-hydroxylation sites is 2. The number of nitrogens with zero attached hydrogens (tertiary/aromatic N) is 3. The van der Waals surface area contributed by atoms with Gasteiger partial charge in [0.2, 0.25) is 0 Å². The third-order valence-electron chi connectivity index (χ3n) is 4.80. The summed E-state index contributed by atoms with van der Waals surface area (Å²) in [5.41, 5.74) is 0.349. The van der Waals surface area contributed by atoms with Crippen LogP contribution < -0.4 is 14.4 Å². The van der Waals surface area contributed by atoms with Gasteiger partial charge in [0.1, 0.15) is 11.3 Å². The van der Waals surface area contributed by atoms with Crippen molar-refractivity contribution >= 4 is 17.3 Å². The largest absolute Gasteiger partial charge is 0.506 e. The Morgan fingerprint density at radius 1 is 1.17 bits per heavy atom. The van der Waals surface area contributed by atoms with Crippen molar-refractivity contribution in [2.24, 2.45) is 0 Å². The summed E-state index contributed by atoms with van der Waals surface area (Å²) in [5, 5.41) is 21.5. The van der Waals surface area contributed by atoms with Gasteiger partial charge in [-0.05, 0) is 19.1 Å². The molecule has 3 rings (SSSR count). The summed E-state index contributed by atoms with van der Waals surface area (Å²) in [6.07, 6.45) is 0.